The predicted molar refractivity (Wildman–Crippen MR) is 119 cm³/mol. The van der Waals surface area contributed by atoms with Crippen LogP contribution in [-0.2, 0) is 0 Å². The van der Waals surface area contributed by atoms with E-state index in [0.717, 1.165) is 25.6 Å². The molecule has 0 radical (unpaired) electrons. The Bertz CT molecular complexity index is 1180. The van der Waals surface area contributed by atoms with Gasteiger partial charge in [0.2, 0.25) is 0 Å². The predicted octanol–water partition coefficient (Wildman–Crippen LogP) is 5.53. The molecule has 4 aromatic rings. The van der Waals surface area contributed by atoms with Crippen molar-refractivity contribution < 1.29 is 4.42 Å². The molecule has 0 saturated carbocycles. The van der Waals surface area contributed by atoms with E-state index >= 15 is 0 Å². The normalized spacial score (nSPS) is 11.0. The van der Waals surface area contributed by atoms with Gasteiger partial charge in [-0.2, -0.15) is 0 Å². The molecule has 0 aliphatic rings. The minimum Gasteiger partial charge on any atom is -0.422 e. The molecule has 0 atom stereocenters. The third-order valence-corrected chi connectivity index (χ3v) is 5.69. The van der Waals surface area contributed by atoms with Gasteiger partial charge >= 0.3 is 5.63 Å². The van der Waals surface area contributed by atoms with E-state index in [9.17, 15) is 4.79 Å². The fourth-order valence-corrected chi connectivity index (χ4v) is 3.84. The third kappa shape index (κ3) is 3.72. The summed E-state index contributed by atoms with van der Waals surface area (Å²) in [5, 5.41) is 1.68. The summed E-state index contributed by atoms with van der Waals surface area (Å²) in [6, 6.07) is 17.5. The summed E-state index contributed by atoms with van der Waals surface area (Å²) < 4.78 is 8.62. The maximum atomic E-state index is 12.5. The first-order valence-corrected chi connectivity index (χ1v) is 10.3. The van der Waals surface area contributed by atoms with Crippen LogP contribution in [0.1, 0.15) is 0 Å². The number of para-hydroxylation sites is 1. The molecular weight excluding hydrogens is 471 g/mol. The van der Waals surface area contributed by atoms with Crippen molar-refractivity contribution in [1.29, 1.82) is 0 Å². The molecule has 0 amide bonds. The van der Waals surface area contributed by atoms with Gasteiger partial charge in [-0.3, -0.25) is 4.57 Å². The molecule has 0 aliphatic carbocycles. The fourth-order valence-electron chi connectivity index (χ4n) is 2.76. The van der Waals surface area contributed by atoms with Gasteiger partial charge in [-0.25, -0.2) is 9.78 Å². The van der Waals surface area contributed by atoms with E-state index < -0.39 is 0 Å². The number of rotatable bonds is 5. The molecule has 27 heavy (non-hydrogen) atoms. The second-order valence-corrected chi connectivity index (χ2v) is 8.07. The molecule has 2 aromatic carbocycles. The Balaban J connectivity index is 1.86. The van der Waals surface area contributed by atoms with Gasteiger partial charge in [-0.15, -0.1) is 6.58 Å². The largest absolute Gasteiger partial charge is 0.422 e. The SMILES string of the molecule is C=CCSc1nc(-c2cc3ccccc3oc2=O)cn1-c1ccc(I)cc1. The monoisotopic (exact) mass is 486 g/mol. The van der Waals surface area contributed by atoms with Gasteiger partial charge in [0.25, 0.3) is 0 Å². The number of fused-ring (bicyclic) bond motifs is 1. The van der Waals surface area contributed by atoms with Gasteiger partial charge in [0.15, 0.2) is 5.16 Å². The highest BCUT2D eigenvalue weighted by molar-refractivity contribution is 14.1. The first-order chi connectivity index (χ1) is 13.2. The Hall–Kier alpha value is -2.32. The van der Waals surface area contributed by atoms with E-state index in [1.807, 2.05) is 65.4 Å². The number of thioether (sulfide) groups is 1. The lowest BCUT2D eigenvalue weighted by Gasteiger charge is -2.06. The lowest BCUT2D eigenvalue weighted by atomic mass is 10.1. The molecule has 4 nitrogen and oxygen atoms in total. The number of benzene rings is 2. The Labute approximate surface area is 174 Å². The van der Waals surface area contributed by atoms with E-state index in [0.29, 0.717) is 16.8 Å². The number of aromatic nitrogens is 2. The van der Waals surface area contributed by atoms with Crippen LogP contribution in [0.4, 0.5) is 0 Å². The lowest BCUT2D eigenvalue weighted by Crippen LogP contribution is -2.02. The minimum absolute atomic E-state index is 0.388. The van der Waals surface area contributed by atoms with Gasteiger partial charge in [0.1, 0.15) is 5.58 Å². The molecule has 2 heterocycles. The summed E-state index contributed by atoms with van der Waals surface area (Å²) >= 11 is 3.85. The zero-order valence-electron chi connectivity index (χ0n) is 14.3. The molecule has 0 saturated heterocycles. The van der Waals surface area contributed by atoms with Crippen molar-refractivity contribution in [3.05, 3.63) is 87.4 Å². The highest BCUT2D eigenvalue weighted by Gasteiger charge is 2.15. The highest BCUT2D eigenvalue weighted by Crippen LogP contribution is 2.27. The molecule has 0 unspecified atom stereocenters. The maximum absolute atomic E-state index is 12.5. The maximum Gasteiger partial charge on any atom is 0.345 e. The summed E-state index contributed by atoms with van der Waals surface area (Å²) in [6.45, 7) is 3.78. The van der Waals surface area contributed by atoms with Gasteiger partial charge in [0, 0.05) is 26.6 Å². The van der Waals surface area contributed by atoms with Crippen LogP contribution in [0.5, 0.6) is 0 Å². The molecule has 4 rings (SSSR count). The van der Waals surface area contributed by atoms with Gasteiger partial charge in [0.05, 0.1) is 11.3 Å². The lowest BCUT2D eigenvalue weighted by molar-refractivity contribution is 0.563. The molecule has 0 fully saturated rings. The van der Waals surface area contributed by atoms with Crippen LogP contribution in [0.25, 0.3) is 27.9 Å². The first kappa shape index (κ1) is 18.1. The number of hydrogen-bond acceptors (Lipinski definition) is 4. The van der Waals surface area contributed by atoms with Crippen LogP contribution in [0.2, 0.25) is 0 Å². The van der Waals surface area contributed by atoms with Crippen LogP contribution in [0.3, 0.4) is 0 Å². The zero-order chi connectivity index (χ0) is 18.8. The Morgan fingerprint density at radius 3 is 2.74 bits per heavy atom. The summed E-state index contributed by atoms with van der Waals surface area (Å²) in [5.74, 6) is 0.729. The van der Waals surface area contributed by atoms with Crippen molar-refractivity contribution >= 4 is 45.3 Å². The third-order valence-electron chi connectivity index (χ3n) is 4.03. The Morgan fingerprint density at radius 1 is 1.19 bits per heavy atom. The van der Waals surface area contributed by atoms with Crippen LogP contribution < -0.4 is 5.63 Å². The summed E-state index contributed by atoms with van der Waals surface area (Å²) in [7, 11) is 0. The van der Waals surface area contributed by atoms with Crippen molar-refractivity contribution in [2.24, 2.45) is 0 Å². The molecule has 2 aromatic heterocycles. The number of imidazole rings is 1. The molecule has 0 spiro atoms. The Morgan fingerprint density at radius 2 is 1.96 bits per heavy atom. The van der Waals surface area contributed by atoms with Crippen molar-refractivity contribution in [1.82, 2.24) is 9.55 Å². The number of halogens is 1. The summed E-state index contributed by atoms with van der Waals surface area (Å²) in [5.41, 5.74) is 2.23. The van der Waals surface area contributed by atoms with Gasteiger partial charge in [-0.1, -0.05) is 36.0 Å². The van der Waals surface area contributed by atoms with E-state index in [-0.39, 0.29) is 5.63 Å². The highest BCUT2D eigenvalue weighted by atomic mass is 127. The van der Waals surface area contributed by atoms with E-state index in [1.54, 1.807) is 17.8 Å². The van der Waals surface area contributed by atoms with Crippen molar-refractivity contribution in [3.63, 3.8) is 0 Å². The number of nitrogens with zero attached hydrogens (tertiary/aromatic N) is 2. The van der Waals surface area contributed by atoms with Crippen molar-refractivity contribution in [2.45, 2.75) is 5.16 Å². The molecule has 0 N–H and O–H groups in total. The fraction of sp³-hybridized carbons (Fsp3) is 0.0476. The van der Waals surface area contributed by atoms with Crippen molar-refractivity contribution in [3.8, 4) is 16.9 Å². The average molecular weight is 486 g/mol. The number of hydrogen-bond donors (Lipinski definition) is 0. The van der Waals surface area contributed by atoms with Gasteiger partial charge < -0.3 is 4.42 Å². The second-order valence-electron chi connectivity index (χ2n) is 5.84. The van der Waals surface area contributed by atoms with E-state index in [2.05, 4.69) is 29.2 Å². The molecular formula is C21H15IN2O2S. The summed E-state index contributed by atoms with van der Waals surface area (Å²) in [4.78, 5) is 17.2. The smallest absolute Gasteiger partial charge is 0.345 e. The van der Waals surface area contributed by atoms with Crippen LogP contribution in [0.15, 0.2) is 87.8 Å². The zero-order valence-corrected chi connectivity index (χ0v) is 17.2. The van der Waals surface area contributed by atoms with Crippen LogP contribution >= 0.6 is 34.4 Å². The second kappa shape index (κ2) is 7.74. The first-order valence-electron chi connectivity index (χ1n) is 8.28. The van der Waals surface area contributed by atoms with Crippen LogP contribution in [0, 0.1) is 3.57 Å². The van der Waals surface area contributed by atoms with E-state index in [4.69, 9.17) is 9.40 Å². The topological polar surface area (TPSA) is 48.0 Å². The van der Waals surface area contributed by atoms with Crippen molar-refractivity contribution in [2.75, 3.05) is 5.75 Å². The molecule has 0 bridgehead atoms. The molecule has 6 heteroatoms. The van der Waals surface area contributed by atoms with E-state index in [1.165, 1.54) is 0 Å². The Kier molecular flexibility index (Phi) is 5.18. The quantitative estimate of drug-likeness (QED) is 0.161. The van der Waals surface area contributed by atoms with Crippen LogP contribution in [-0.4, -0.2) is 15.3 Å². The standard InChI is InChI=1S/C21H15IN2O2S/c1-2-11-27-21-23-18(13-24(21)16-9-7-15(22)8-10-16)17-12-14-5-3-4-6-19(14)26-20(17)25/h2-10,12-13H,1,11H2. The molecule has 134 valence electrons. The summed E-state index contributed by atoms with van der Waals surface area (Å²) in [6.07, 6.45) is 3.72. The average Bonchev–Trinajstić information content (AvgIpc) is 3.10. The minimum atomic E-state index is -0.388. The van der Waals surface area contributed by atoms with Gasteiger partial charge in [-0.05, 0) is 59.0 Å². The molecule has 0 aliphatic heterocycles.